The lowest BCUT2D eigenvalue weighted by Crippen LogP contribution is -2.62. The topological polar surface area (TPSA) is 79.2 Å². The largest absolute Gasteiger partial charge is 0.411 e. The van der Waals surface area contributed by atoms with E-state index in [1.54, 1.807) is 0 Å². The molecule has 3 N–H and O–H groups in total. The van der Waals surface area contributed by atoms with E-state index in [4.69, 9.17) is 9.16 Å². The summed E-state index contributed by atoms with van der Waals surface area (Å²) in [7, 11) is -0.270. The molecule has 1 aliphatic rings. The molecule has 0 amide bonds. The van der Waals surface area contributed by atoms with Gasteiger partial charge >= 0.3 is 0 Å². The third-order valence-corrected chi connectivity index (χ3v) is 9.64. The van der Waals surface area contributed by atoms with E-state index in [1.807, 2.05) is 0 Å². The van der Waals surface area contributed by atoms with Crippen molar-refractivity contribution >= 4 is 8.32 Å². The summed E-state index contributed by atoms with van der Waals surface area (Å²) in [6.45, 7) is 6.01. The Labute approximate surface area is 123 Å². The molecule has 20 heavy (non-hydrogen) atoms. The normalized spacial score (nSPS) is 35.2. The van der Waals surface area contributed by atoms with Gasteiger partial charge in [-0.25, -0.2) is 0 Å². The zero-order chi connectivity index (χ0) is 15.4. The van der Waals surface area contributed by atoms with Gasteiger partial charge in [-0.15, -0.1) is 0 Å². The lowest BCUT2D eigenvalue weighted by molar-refractivity contribution is -0.202. The lowest BCUT2D eigenvalue weighted by atomic mass is 9.79. The highest BCUT2D eigenvalue weighted by molar-refractivity contribution is 6.73. The average Bonchev–Trinajstić information content (AvgIpc) is 2.49. The number of hydrogen-bond acceptors (Lipinski definition) is 5. The van der Waals surface area contributed by atoms with Crippen molar-refractivity contribution in [2.24, 2.45) is 0 Å². The molecule has 0 spiro atoms. The molecule has 4 atom stereocenters. The highest BCUT2D eigenvalue weighted by Crippen LogP contribution is 2.35. The molecule has 1 rings (SSSR count). The van der Waals surface area contributed by atoms with E-state index in [-0.39, 0.29) is 6.10 Å². The van der Waals surface area contributed by atoms with E-state index in [9.17, 15) is 15.3 Å². The molecule has 1 saturated carbocycles. The van der Waals surface area contributed by atoms with Gasteiger partial charge in [0.15, 0.2) is 8.32 Å². The van der Waals surface area contributed by atoms with Gasteiger partial charge in [0.2, 0.25) is 0 Å². The van der Waals surface area contributed by atoms with Crippen LogP contribution in [0, 0.1) is 0 Å². The molecule has 0 heterocycles. The monoisotopic (exact) mass is 306 g/mol. The maximum atomic E-state index is 10.3. The van der Waals surface area contributed by atoms with Crippen LogP contribution in [-0.2, 0) is 9.16 Å². The maximum absolute atomic E-state index is 10.3. The van der Waals surface area contributed by atoms with Gasteiger partial charge in [0.05, 0.1) is 12.7 Å². The number of methoxy groups -OCH3 is 1. The van der Waals surface area contributed by atoms with Gasteiger partial charge in [-0.3, -0.25) is 0 Å². The summed E-state index contributed by atoms with van der Waals surface area (Å²) in [5, 5.41) is 29.8. The summed E-state index contributed by atoms with van der Waals surface area (Å²) >= 11 is 0. The smallest absolute Gasteiger partial charge is 0.192 e. The lowest BCUT2D eigenvalue weighted by Gasteiger charge is -2.46. The third-order valence-electron chi connectivity index (χ3n) is 4.97. The van der Waals surface area contributed by atoms with Crippen molar-refractivity contribution in [3.8, 4) is 0 Å². The van der Waals surface area contributed by atoms with Crippen LogP contribution in [-0.4, -0.2) is 61.3 Å². The standard InChI is InChI=1S/C14H30O5Si/c1-5-20(6-2,7-3)19-11-8-9-14(17,10-15)13(16)12(11)18-4/h11-13,15-17H,5-10H2,1-4H3/t11-,12-,13+,14+/m1/s1. The maximum Gasteiger partial charge on any atom is 0.192 e. The second-order valence-electron chi connectivity index (χ2n) is 5.85. The van der Waals surface area contributed by atoms with Crippen LogP contribution in [0.4, 0.5) is 0 Å². The van der Waals surface area contributed by atoms with E-state index in [0.717, 1.165) is 18.1 Å². The second kappa shape index (κ2) is 7.33. The Kier molecular flexibility index (Phi) is 6.62. The van der Waals surface area contributed by atoms with Crippen LogP contribution in [0.5, 0.6) is 0 Å². The van der Waals surface area contributed by atoms with Crippen LogP contribution >= 0.6 is 0 Å². The van der Waals surface area contributed by atoms with Gasteiger partial charge in [0, 0.05) is 7.11 Å². The molecule has 0 unspecified atom stereocenters. The SMILES string of the molecule is CC[Si](CC)(CC)O[C@@H]1CC[C@](O)(CO)[C@@H](O)[C@@H]1OC. The first kappa shape index (κ1) is 18.1. The van der Waals surface area contributed by atoms with E-state index in [0.29, 0.717) is 12.8 Å². The predicted octanol–water partition coefficient (Wildman–Crippen LogP) is 1.27. The summed E-state index contributed by atoms with van der Waals surface area (Å²) in [6.07, 6.45) is -0.975. The third kappa shape index (κ3) is 3.43. The van der Waals surface area contributed by atoms with Gasteiger partial charge < -0.3 is 24.5 Å². The molecular formula is C14H30O5Si. The highest BCUT2D eigenvalue weighted by atomic mass is 28.4. The van der Waals surface area contributed by atoms with Crippen molar-refractivity contribution in [2.75, 3.05) is 13.7 Å². The fourth-order valence-electron chi connectivity index (χ4n) is 3.11. The minimum atomic E-state index is -1.78. The number of ether oxygens (including phenoxy) is 1. The molecule has 0 aromatic heterocycles. The molecule has 0 aliphatic heterocycles. The van der Waals surface area contributed by atoms with E-state index in [1.165, 1.54) is 7.11 Å². The first-order chi connectivity index (χ1) is 9.41. The van der Waals surface area contributed by atoms with Crippen LogP contribution in [0.15, 0.2) is 0 Å². The van der Waals surface area contributed by atoms with Crippen molar-refractivity contribution in [3.05, 3.63) is 0 Å². The van der Waals surface area contributed by atoms with Crippen molar-refractivity contribution in [3.63, 3.8) is 0 Å². The fraction of sp³-hybridized carbons (Fsp3) is 1.00. The Bertz CT molecular complexity index is 289. The number of aliphatic hydroxyl groups is 3. The Hall–Kier alpha value is 0.0169. The van der Waals surface area contributed by atoms with Crippen LogP contribution in [0.3, 0.4) is 0 Å². The molecule has 0 radical (unpaired) electrons. The average molecular weight is 306 g/mol. The van der Waals surface area contributed by atoms with Crippen molar-refractivity contribution in [2.45, 2.75) is 75.7 Å². The highest BCUT2D eigenvalue weighted by Gasteiger charge is 2.50. The van der Waals surface area contributed by atoms with Crippen LogP contribution in [0.2, 0.25) is 18.1 Å². The zero-order valence-corrected chi connectivity index (χ0v) is 14.1. The van der Waals surface area contributed by atoms with Crippen molar-refractivity contribution in [1.82, 2.24) is 0 Å². The predicted molar refractivity (Wildman–Crippen MR) is 80.1 cm³/mol. The molecule has 120 valence electrons. The van der Waals surface area contributed by atoms with Gasteiger partial charge in [-0.1, -0.05) is 20.8 Å². The molecule has 1 fully saturated rings. The number of rotatable bonds is 7. The number of aliphatic hydroxyl groups excluding tert-OH is 2. The Morgan fingerprint density at radius 2 is 1.75 bits per heavy atom. The first-order valence-corrected chi connectivity index (χ1v) is 10.2. The van der Waals surface area contributed by atoms with Crippen LogP contribution in [0.25, 0.3) is 0 Å². The molecule has 5 nitrogen and oxygen atoms in total. The van der Waals surface area contributed by atoms with Gasteiger partial charge in [-0.2, -0.15) is 0 Å². The van der Waals surface area contributed by atoms with E-state index in [2.05, 4.69) is 20.8 Å². The van der Waals surface area contributed by atoms with Gasteiger partial charge in [0.25, 0.3) is 0 Å². The molecule has 0 aromatic rings. The zero-order valence-electron chi connectivity index (χ0n) is 13.1. The van der Waals surface area contributed by atoms with E-state index >= 15 is 0 Å². The summed E-state index contributed by atoms with van der Waals surface area (Å²) in [4.78, 5) is 0. The fourth-order valence-corrected chi connectivity index (χ4v) is 6.01. The summed E-state index contributed by atoms with van der Waals surface area (Å²) in [5.41, 5.74) is -1.48. The Morgan fingerprint density at radius 1 is 1.20 bits per heavy atom. The van der Waals surface area contributed by atoms with Crippen LogP contribution < -0.4 is 0 Å². The molecule has 0 aromatic carbocycles. The molecular weight excluding hydrogens is 276 g/mol. The molecule has 0 bridgehead atoms. The van der Waals surface area contributed by atoms with Crippen LogP contribution in [0.1, 0.15) is 33.6 Å². The molecule has 0 saturated heterocycles. The van der Waals surface area contributed by atoms with Crippen molar-refractivity contribution in [1.29, 1.82) is 0 Å². The Morgan fingerprint density at radius 3 is 2.15 bits per heavy atom. The first-order valence-electron chi connectivity index (χ1n) is 7.63. The number of hydrogen-bond donors (Lipinski definition) is 3. The van der Waals surface area contributed by atoms with Crippen molar-refractivity contribution < 1.29 is 24.5 Å². The summed E-state index contributed by atoms with van der Waals surface area (Å²) in [6, 6.07) is 3.11. The summed E-state index contributed by atoms with van der Waals surface area (Å²) < 4.78 is 11.8. The summed E-state index contributed by atoms with van der Waals surface area (Å²) in [5.74, 6) is 0. The minimum absolute atomic E-state index is 0.201. The van der Waals surface area contributed by atoms with Gasteiger partial charge in [-0.05, 0) is 31.0 Å². The van der Waals surface area contributed by atoms with E-state index < -0.39 is 32.7 Å². The molecule has 6 heteroatoms. The Balaban J connectivity index is 2.86. The minimum Gasteiger partial charge on any atom is -0.411 e. The quantitative estimate of drug-likeness (QED) is 0.617. The van der Waals surface area contributed by atoms with Gasteiger partial charge in [0.1, 0.15) is 17.8 Å². The second-order valence-corrected chi connectivity index (χ2v) is 10.6. The molecule has 1 aliphatic carbocycles.